The largest absolute Gasteiger partial charge is 0.496 e. The van der Waals surface area contributed by atoms with E-state index in [2.05, 4.69) is 11.1 Å². The minimum atomic E-state index is 0.168. The molecule has 3 nitrogen and oxygen atoms in total. The molecule has 0 heterocycles. The number of benzene rings is 1. The Labute approximate surface area is 89.8 Å². The Balaban J connectivity index is 2.99. The van der Waals surface area contributed by atoms with Gasteiger partial charge in [0.25, 0.3) is 0 Å². The molecular formula is C12H15NO2. The SMILES string of the molecule is COc1ccc(C)cc1C(C)CN=C=O. The summed E-state index contributed by atoms with van der Waals surface area (Å²) >= 11 is 0. The maximum atomic E-state index is 10.0. The van der Waals surface area contributed by atoms with E-state index in [0.717, 1.165) is 11.3 Å². The zero-order valence-corrected chi connectivity index (χ0v) is 9.28. The minimum Gasteiger partial charge on any atom is -0.496 e. The first-order valence-corrected chi connectivity index (χ1v) is 4.87. The molecule has 1 rings (SSSR count). The standard InChI is InChI=1S/C12H15NO2/c1-9-4-5-12(15-3)11(6-9)10(2)7-13-8-14/h4-6,10H,7H2,1-3H3. The summed E-state index contributed by atoms with van der Waals surface area (Å²) in [4.78, 5) is 13.6. The Morgan fingerprint density at radius 2 is 2.27 bits per heavy atom. The summed E-state index contributed by atoms with van der Waals surface area (Å²) < 4.78 is 5.26. The van der Waals surface area contributed by atoms with Gasteiger partial charge in [-0.15, -0.1) is 0 Å². The van der Waals surface area contributed by atoms with Crippen molar-refractivity contribution in [1.82, 2.24) is 0 Å². The topological polar surface area (TPSA) is 38.7 Å². The molecule has 1 atom stereocenters. The van der Waals surface area contributed by atoms with Crippen molar-refractivity contribution in [1.29, 1.82) is 0 Å². The number of ether oxygens (including phenoxy) is 1. The molecule has 0 saturated carbocycles. The predicted molar refractivity (Wildman–Crippen MR) is 59.1 cm³/mol. The number of hydrogen-bond acceptors (Lipinski definition) is 3. The fraction of sp³-hybridized carbons (Fsp3) is 0.417. The number of carbonyl (C=O) groups excluding carboxylic acids is 1. The van der Waals surface area contributed by atoms with Crippen molar-refractivity contribution in [3.8, 4) is 5.75 Å². The van der Waals surface area contributed by atoms with Gasteiger partial charge < -0.3 is 4.74 Å². The van der Waals surface area contributed by atoms with Crippen LogP contribution in [0.4, 0.5) is 0 Å². The van der Waals surface area contributed by atoms with Crippen LogP contribution in [0, 0.1) is 6.92 Å². The average Bonchev–Trinajstić information content (AvgIpc) is 2.25. The maximum absolute atomic E-state index is 10.0. The lowest BCUT2D eigenvalue weighted by molar-refractivity contribution is 0.406. The van der Waals surface area contributed by atoms with Gasteiger partial charge in [-0.1, -0.05) is 24.6 Å². The number of nitrogens with zero attached hydrogens (tertiary/aromatic N) is 1. The number of aryl methyl sites for hydroxylation is 1. The van der Waals surface area contributed by atoms with Crippen LogP contribution in [0.1, 0.15) is 24.0 Å². The van der Waals surface area contributed by atoms with Crippen molar-refractivity contribution in [3.63, 3.8) is 0 Å². The molecule has 80 valence electrons. The summed E-state index contributed by atoms with van der Waals surface area (Å²) in [6, 6.07) is 5.99. The Morgan fingerprint density at radius 1 is 1.53 bits per heavy atom. The lowest BCUT2D eigenvalue weighted by Gasteiger charge is -2.13. The molecule has 1 aromatic carbocycles. The van der Waals surface area contributed by atoms with Gasteiger partial charge in [-0.3, -0.25) is 0 Å². The molecule has 0 aliphatic rings. The van der Waals surface area contributed by atoms with Crippen LogP contribution in [-0.2, 0) is 4.79 Å². The molecule has 0 aliphatic carbocycles. The van der Waals surface area contributed by atoms with Crippen LogP contribution in [0.2, 0.25) is 0 Å². The third kappa shape index (κ3) is 2.93. The van der Waals surface area contributed by atoms with Crippen LogP contribution in [0.3, 0.4) is 0 Å². The summed E-state index contributed by atoms with van der Waals surface area (Å²) in [5.41, 5.74) is 2.25. The second-order valence-corrected chi connectivity index (χ2v) is 3.58. The van der Waals surface area contributed by atoms with Gasteiger partial charge in [0.05, 0.1) is 13.7 Å². The smallest absolute Gasteiger partial charge is 0.234 e. The van der Waals surface area contributed by atoms with E-state index < -0.39 is 0 Å². The van der Waals surface area contributed by atoms with Gasteiger partial charge in [0.15, 0.2) is 0 Å². The van der Waals surface area contributed by atoms with Crippen LogP contribution < -0.4 is 4.74 Å². The fourth-order valence-electron chi connectivity index (χ4n) is 1.51. The quantitative estimate of drug-likeness (QED) is 0.559. The number of hydrogen-bond donors (Lipinski definition) is 0. The van der Waals surface area contributed by atoms with Gasteiger partial charge in [0.1, 0.15) is 5.75 Å². The first-order valence-electron chi connectivity index (χ1n) is 4.87. The molecule has 1 aromatic rings. The molecule has 0 aromatic heterocycles. The Kier molecular flexibility index (Phi) is 4.07. The zero-order valence-electron chi connectivity index (χ0n) is 9.28. The van der Waals surface area contributed by atoms with E-state index in [1.807, 2.05) is 26.0 Å². The van der Waals surface area contributed by atoms with E-state index in [0.29, 0.717) is 6.54 Å². The molecule has 3 heteroatoms. The highest BCUT2D eigenvalue weighted by atomic mass is 16.5. The zero-order chi connectivity index (χ0) is 11.3. The van der Waals surface area contributed by atoms with Crippen molar-refractivity contribution in [2.75, 3.05) is 13.7 Å². The average molecular weight is 205 g/mol. The predicted octanol–water partition coefficient (Wildman–Crippen LogP) is 2.44. The molecule has 15 heavy (non-hydrogen) atoms. The molecule has 0 aliphatic heterocycles. The second kappa shape index (κ2) is 5.32. The van der Waals surface area contributed by atoms with Gasteiger partial charge in [0, 0.05) is 5.92 Å². The van der Waals surface area contributed by atoms with Crippen LogP contribution in [-0.4, -0.2) is 19.7 Å². The van der Waals surface area contributed by atoms with Crippen molar-refractivity contribution >= 4 is 6.08 Å². The van der Waals surface area contributed by atoms with Gasteiger partial charge in [-0.25, -0.2) is 9.79 Å². The van der Waals surface area contributed by atoms with Crippen LogP contribution >= 0.6 is 0 Å². The van der Waals surface area contributed by atoms with Crippen LogP contribution in [0.25, 0.3) is 0 Å². The van der Waals surface area contributed by atoms with Crippen LogP contribution in [0.5, 0.6) is 5.75 Å². The highest BCUT2D eigenvalue weighted by Crippen LogP contribution is 2.27. The second-order valence-electron chi connectivity index (χ2n) is 3.58. The molecule has 0 fully saturated rings. The summed E-state index contributed by atoms with van der Waals surface area (Å²) in [6.07, 6.45) is 1.55. The number of isocyanates is 1. The normalized spacial score (nSPS) is 11.7. The third-order valence-corrected chi connectivity index (χ3v) is 2.35. The molecule has 0 radical (unpaired) electrons. The number of aliphatic imine (C=N–C) groups is 1. The van der Waals surface area contributed by atoms with E-state index in [4.69, 9.17) is 4.74 Å². The highest BCUT2D eigenvalue weighted by molar-refractivity contribution is 5.40. The molecule has 0 saturated heterocycles. The van der Waals surface area contributed by atoms with Crippen molar-refractivity contribution < 1.29 is 9.53 Å². The summed E-state index contributed by atoms with van der Waals surface area (Å²) in [5.74, 6) is 1.01. The van der Waals surface area contributed by atoms with E-state index in [1.165, 1.54) is 5.56 Å². The van der Waals surface area contributed by atoms with Gasteiger partial charge in [-0.05, 0) is 18.6 Å². The van der Waals surface area contributed by atoms with Crippen LogP contribution in [0.15, 0.2) is 23.2 Å². The van der Waals surface area contributed by atoms with E-state index in [9.17, 15) is 4.79 Å². The monoisotopic (exact) mass is 205 g/mol. The number of rotatable bonds is 4. The Bertz CT molecular complexity index is 381. The molecule has 1 unspecified atom stereocenters. The minimum absolute atomic E-state index is 0.168. The highest BCUT2D eigenvalue weighted by Gasteiger charge is 2.10. The first kappa shape index (κ1) is 11.5. The lowest BCUT2D eigenvalue weighted by Crippen LogP contribution is -2.01. The molecule has 0 amide bonds. The molecule has 0 bridgehead atoms. The van der Waals surface area contributed by atoms with E-state index >= 15 is 0 Å². The summed E-state index contributed by atoms with van der Waals surface area (Å²) in [6.45, 7) is 4.49. The third-order valence-electron chi connectivity index (χ3n) is 2.35. The molecular weight excluding hydrogens is 190 g/mol. The first-order chi connectivity index (χ1) is 7.19. The van der Waals surface area contributed by atoms with Gasteiger partial charge >= 0.3 is 0 Å². The molecule has 0 spiro atoms. The fourth-order valence-corrected chi connectivity index (χ4v) is 1.51. The van der Waals surface area contributed by atoms with E-state index in [-0.39, 0.29) is 5.92 Å². The van der Waals surface area contributed by atoms with Gasteiger partial charge in [-0.2, -0.15) is 0 Å². The maximum Gasteiger partial charge on any atom is 0.234 e. The molecule has 0 N–H and O–H groups in total. The Morgan fingerprint density at radius 3 is 2.87 bits per heavy atom. The summed E-state index contributed by atoms with van der Waals surface area (Å²) in [7, 11) is 1.64. The van der Waals surface area contributed by atoms with Crippen molar-refractivity contribution in [2.45, 2.75) is 19.8 Å². The van der Waals surface area contributed by atoms with Crippen molar-refractivity contribution in [2.24, 2.45) is 4.99 Å². The van der Waals surface area contributed by atoms with Gasteiger partial charge in [0.2, 0.25) is 6.08 Å². The van der Waals surface area contributed by atoms with Crippen molar-refractivity contribution in [3.05, 3.63) is 29.3 Å². The summed E-state index contributed by atoms with van der Waals surface area (Å²) in [5, 5.41) is 0. The van der Waals surface area contributed by atoms with E-state index in [1.54, 1.807) is 13.2 Å². The number of methoxy groups -OCH3 is 1. The lowest BCUT2D eigenvalue weighted by atomic mass is 9.98. The Hall–Kier alpha value is -1.60.